The summed E-state index contributed by atoms with van der Waals surface area (Å²) in [7, 11) is 4.72. The first-order valence-electron chi connectivity index (χ1n) is 4.83. The Hall–Kier alpha value is 2.08. The van der Waals surface area contributed by atoms with Crippen LogP contribution < -0.4 is 10.2 Å². The summed E-state index contributed by atoms with van der Waals surface area (Å²) in [5.41, 5.74) is 0. The van der Waals surface area contributed by atoms with Gasteiger partial charge in [0.2, 0.25) is 0 Å². The van der Waals surface area contributed by atoms with E-state index in [1.807, 2.05) is 0 Å². The second-order valence-corrected chi connectivity index (χ2v) is 37.3. The van der Waals surface area contributed by atoms with Crippen molar-refractivity contribution in [2.75, 3.05) is 10.2 Å². The first-order chi connectivity index (χ1) is 7.06. The van der Waals surface area contributed by atoms with Gasteiger partial charge in [0.25, 0.3) is 0 Å². The van der Waals surface area contributed by atoms with Gasteiger partial charge >= 0.3 is 107 Å². The van der Waals surface area contributed by atoms with Crippen LogP contribution in [0, 0.1) is 0 Å². The molecular weight excluding hydrogens is 367 g/mol. The van der Waals surface area contributed by atoms with Crippen molar-refractivity contribution in [1.29, 1.82) is 0 Å². The molecule has 0 aliphatic heterocycles. The van der Waals surface area contributed by atoms with Gasteiger partial charge in [-0.05, 0) is 0 Å². The second-order valence-electron chi connectivity index (χ2n) is 3.83. The van der Waals surface area contributed by atoms with Gasteiger partial charge in [0.15, 0.2) is 0 Å². The second kappa shape index (κ2) is 5.81. The van der Waals surface area contributed by atoms with Crippen LogP contribution in [-0.4, -0.2) is 25.7 Å². The van der Waals surface area contributed by atoms with Crippen LogP contribution in [0.1, 0.15) is 27.7 Å². The first kappa shape index (κ1) is 13.5. The molecule has 0 fully saturated rings. The van der Waals surface area contributed by atoms with Crippen LogP contribution in [0.2, 0.25) is 0 Å². The van der Waals surface area contributed by atoms with Crippen molar-refractivity contribution in [3.63, 3.8) is 0 Å². The van der Waals surface area contributed by atoms with Gasteiger partial charge in [-0.1, -0.05) is 0 Å². The maximum absolute atomic E-state index is 3.83. The Kier molecular flexibility index (Phi) is 5.24. The zero-order chi connectivity index (χ0) is 11.0. The van der Waals surface area contributed by atoms with Crippen LogP contribution in [0.3, 0.4) is 0 Å². The molecular formula is C6H16N2P4S2Se. The minimum absolute atomic E-state index is 0.177. The summed E-state index contributed by atoms with van der Waals surface area (Å²) in [6, 6.07) is 1.64. The fourth-order valence-electron chi connectivity index (χ4n) is 0.997. The summed E-state index contributed by atoms with van der Waals surface area (Å²) in [6.07, 6.45) is 0. The van der Waals surface area contributed by atoms with Crippen molar-refractivity contribution >= 4 is 57.5 Å². The quantitative estimate of drug-likeness (QED) is 0.673. The van der Waals surface area contributed by atoms with E-state index in [1.54, 1.807) is 0 Å². The van der Waals surface area contributed by atoms with E-state index in [0.717, 1.165) is 13.6 Å². The number of fused-ring (bicyclic) bond motifs is 2. The summed E-state index contributed by atoms with van der Waals surface area (Å²) in [5, 5.41) is 7.90. The van der Waals surface area contributed by atoms with E-state index in [0.29, 0.717) is 16.9 Å². The van der Waals surface area contributed by atoms with Crippen LogP contribution in [-0.2, 0) is 0 Å². The van der Waals surface area contributed by atoms with Crippen LogP contribution >= 0.6 is 43.9 Å². The molecule has 2 aromatic rings. The molecule has 0 aromatic carbocycles. The molecule has 0 aliphatic rings. The Labute approximate surface area is 107 Å². The summed E-state index contributed by atoms with van der Waals surface area (Å²) >= 11 is 0.949. The summed E-state index contributed by atoms with van der Waals surface area (Å²) in [4.78, 5) is 0.356. The number of hydrogen-bond donors (Lipinski definition) is 2. The van der Waals surface area contributed by atoms with Crippen molar-refractivity contribution in [2.45, 2.75) is 39.8 Å². The molecule has 4 atom stereocenters. The van der Waals surface area contributed by atoms with Crippen LogP contribution in [0.15, 0.2) is 0 Å². The maximum atomic E-state index is 3.83. The molecule has 2 heterocycles. The Morgan fingerprint density at radius 3 is 2.13 bits per heavy atom. The first-order valence-corrected chi connectivity index (χ1v) is 20.1. The van der Waals surface area contributed by atoms with Crippen molar-refractivity contribution in [1.82, 2.24) is 0 Å². The Morgan fingerprint density at radius 2 is 1.67 bits per heavy atom. The molecule has 15 heavy (non-hydrogen) atoms. The third kappa shape index (κ3) is 3.52. The minimum atomic E-state index is 0.177. The molecule has 0 saturated carbocycles. The molecule has 88 valence electrons. The normalized spacial score (nSPS) is 17.2. The standard InChI is InChI=1S/C6H16N2P4S2Se/c1-5(2)7-9-12-14-11(13-9)10(15-12)8-6(3)4/h5-8H,1-4H3. The zero-order valence-corrected chi connectivity index (χ0v) is 16.1. The molecule has 0 saturated heterocycles. The molecule has 0 aliphatic carbocycles. The van der Waals surface area contributed by atoms with E-state index in [9.17, 15) is 0 Å². The van der Waals surface area contributed by atoms with Crippen LogP contribution in [0.4, 0.5) is 0 Å². The zero-order valence-electron chi connectivity index (χ0n) is 9.17. The number of hydrogen-bond acceptors (Lipinski definition) is 4. The Morgan fingerprint density at radius 1 is 1.00 bits per heavy atom. The number of nitrogens with one attached hydrogen (secondary N) is 2. The van der Waals surface area contributed by atoms with E-state index >= 15 is 0 Å². The van der Waals surface area contributed by atoms with E-state index < -0.39 is 0 Å². The molecule has 0 radical (unpaired) electrons. The van der Waals surface area contributed by atoms with Gasteiger partial charge in [-0.25, -0.2) is 0 Å². The molecule has 0 amide bonds. The van der Waals surface area contributed by atoms with E-state index in [1.165, 1.54) is 0 Å². The van der Waals surface area contributed by atoms with Crippen molar-refractivity contribution in [3.8, 4) is 0 Å². The molecule has 2 nitrogen and oxygen atoms in total. The van der Waals surface area contributed by atoms with E-state index in [4.69, 9.17) is 0 Å². The molecule has 9 heteroatoms. The fraction of sp³-hybridized carbons (Fsp3) is 1.00. The number of rotatable bonds is 4. The summed E-state index contributed by atoms with van der Waals surface area (Å²) < 4.78 is 0. The Balaban J connectivity index is 2.21. The average molecular weight is 383 g/mol. The Bertz CT molecular complexity index is 409. The van der Waals surface area contributed by atoms with Crippen molar-refractivity contribution < 1.29 is 0 Å². The predicted octanol–water partition coefficient (Wildman–Crippen LogP) is 5.59. The molecule has 2 rings (SSSR count). The van der Waals surface area contributed by atoms with Gasteiger partial charge in [0, 0.05) is 0 Å². The molecule has 4 unspecified atom stereocenters. The molecule has 0 spiro atoms. The SMILES string of the molecule is CC(C)Np1[se]p2sp1sp2NC(C)C. The van der Waals surface area contributed by atoms with Crippen LogP contribution in [0.5, 0.6) is 0 Å². The van der Waals surface area contributed by atoms with Gasteiger partial charge in [0.1, 0.15) is 0 Å². The molecule has 2 bridgehead atoms. The van der Waals surface area contributed by atoms with Gasteiger partial charge in [-0.2, -0.15) is 0 Å². The van der Waals surface area contributed by atoms with Crippen molar-refractivity contribution in [2.24, 2.45) is 0 Å². The van der Waals surface area contributed by atoms with Crippen LogP contribution in [0.25, 0.3) is 0 Å². The van der Waals surface area contributed by atoms with Gasteiger partial charge < -0.3 is 0 Å². The van der Waals surface area contributed by atoms with Gasteiger partial charge in [-0.3, -0.25) is 0 Å². The third-order valence-electron chi connectivity index (χ3n) is 1.47. The fourth-order valence-corrected chi connectivity index (χ4v) is 119. The van der Waals surface area contributed by atoms with E-state index in [2.05, 4.69) is 59.0 Å². The summed E-state index contributed by atoms with van der Waals surface area (Å²) in [5.74, 6) is 0. The molecule has 2 aromatic heterocycles. The van der Waals surface area contributed by atoms with E-state index in [-0.39, 0.29) is 17.9 Å². The topological polar surface area (TPSA) is 24.1 Å². The predicted molar refractivity (Wildman–Crippen MR) is 85.0 cm³/mol. The van der Waals surface area contributed by atoms with Gasteiger partial charge in [0.05, 0.1) is 0 Å². The van der Waals surface area contributed by atoms with Gasteiger partial charge in [-0.15, -0.1) is 0 Å². The third-order valence-corrected chi connectivity index (χ3v) is 65.7. The monoisotopic (exact) mass is 384 g/mol. The molecule has 2 N–H and O–H groups in total. The average Bonchev–Trinajstić information content (AvgIpc) is 2.60. The van der Waals surface area contributed by atoms with Crippen molar-refractivity contribution in [3.05, 3.63) is 0 Å². The summed E-state index contributed by atoms with van der Waals surface area (Å²) in [6.45, 7) is 9.32.